The molecule has 1 heterocycles. The van der Waals surface area contributed by atoms with Gasteiger partial charge in [-0.15, -0.1) is 0 Å². The molecule has 2 aromatic carbocycles. The zero-order chi connectivity index (χ0) is 23.4. The number of hydrogen-bond acceptors (Lipinski definition) is 3. The lowest BCUT2D eigenvalue weighted by Crippen LogP contribution is -2.25. The quantitative estimate of drug-likeness (QED) is 0.430. The number of nitrogens with zero attached hydrogens (tertiary/aromatic N) is 2. The standard InChI is InChI=1S/C24H24Cl2N4O2/c1-14(19-7-5-6-8-20(19)25)11-23(31)27-18-9-10-22(21(26)13-18)28-24(32)17(4)30-16(3)12-15(2)29-30/h5-13,17H,1-4H3,(H,27,31)(H,28,32)/b14-11-. The van der Waals surface area contributed by atoms with Gasteiger partial charge in [-0.25, -0.2) is 0 Å². The number of nitrogens with one attached hydrogen (secondary N) is 2. The van der Waals surface area contributed by atoms with E-state index in [1.807, 2.05) is 45.0 Å². The molecule has 0 aliphatic heterocycles. The van der Waals surface area contributed by atoms with E-state index < -0.39 is 6.04 Å². The van der Waals surface area contributed by atoms with Crippen molar-refractivity contribution in [2.24, 2.45) is 0 Å². The van der Waals surface area contributed by atoms with Gasteiger partial charge in [-0.1, -0.05) is 41.4 Å². The number of carbonyl (C=O) groups excluding carboxylic acids is 2. The van der Waals surface area contributed by atoms with Gasteiger partial charge in [-0.05, 0) is 69.2 Å². The molecule has 8 heteroatoms. The van der Waals surface area contributed by atoms with E-state index in [1.54, 1.807) is 35.9 Å². The van der Waals surface area contributed by atoms with Crippen molar-refractivity contribution in [2.75, 3.05) is 10.6 Å². The molecule has 2 N–H and O–H groups in total. The molecule has 1 unspecified atom stereocenters. The molecule has 6 nitrogen and oxygen atoms in total. The predicted octanol–water partition coefficient (Wildman–Crippen LogP) is 6.05. The van der Waals surface area contributed by atoms with Crippen LogP contribution < -0.4 is 10.6 Å². The van der Waals surface area contributed by atoms with Crippen LogP contribution in [0.3, 0.4) is 0 Å². The molecule has 3 aromatic rings. The van der Waals surface area contributed by atoms with Gasteiger partial charge in [-0.2, -0.15) is 5.10 Å². The van der Waals surface area contributed by atoms with Gasteiger partial charge >= 0.3 is 0 Å². The molecule has 166 valence electrons. The number of halogens is 2. The lowest BCUT2D eigenvalue weighted by Gasteiger charge is -2.15. The average Bonchev–Trinajstić information content (AvgIpc) is 3.07. The smallest absolute Gasteiger partial charge is 0.248 e. The van der Waals surface area contributed by atoms with Gasteiger partial charge in [-0.3, -0.25) is 14.3 Å². The van der Waals surface area contributed by atoms with Crippen LogP contribution in [0.25, 0.3) is 5.57 Å². The molecule has 0 spiro atoms. The maximum Gasteiger partial charge on any atom is 0.248 e. The molecule has 0 saturated carbocycles. The number of carbonyl (C=O) groups is 2. The number of anilines is 2. The minimum Gasteiger partial charge on any atom is -0.323 e. The first-order valence-corrected chi connectivity index (χ1v) is 10.8. The Morgan fingerprint density at radius 3 is 2.38 bits per heavy atom. The van der Waals surface area contributed by atoms with Gasteiger partial charge in [0.25, 0.3) is 0 Å². The highest BCUT2D eigenvalue weighted by Gasteiger charge is 2.19. The summed E-state index contributed by atoms with van der Waals surface area (Å²) in [5.41, 5.74) is 4.23. The van der Waals surface area contributed by atoms with Gasteiger partial charge in [0.1, 0.15) is 6.04 Å². The third kappa shape index (κ3) is 5.58. The summed E-state index contributed by atoms with van der Waals surface area (Å²) in [7, 11) is 0. The zero-order valence-corrected chi connectivity index (χ0v) is 19.8. The molecule has 0 aliphatic rings. The second-order valence-corrected chi connectivity index (χ2v) is 8.34. The highest BCUT2D eigenvalue weighted by atomic mass is 35.5. The van der Waals surface area contributed by atoms with Gasteiger partial charge in [0.2, 0.25) is 11.8 Å². The molecule has 1 aromatic heterocycles. The van der Waals surface area contributed by atoms with E-state index in [9.17, 15) is 9.59 Å². The number of aromatic nitrogens is 2. The minimum absolute atomic E-state index is 0.242. The molecule has 2 amide bonds. The largest absolute Gasteiger partial charge is 0.323 e. The van der Waals surface area contributed by atoms with Crippen molar-refractivity contribution < 1.29 is 9.59 Å². The van der Waals surface area contributed by atoms with Crippen LogP contribution in [0.15, 0.2) is 54.6 Å². The van der Waals surface area contributed by atoms with Crippen LogP contribution in [0.4, 0.5) is 11.4 Å². The van der Waals surface area contributed by atoms with Crippen LogP contribution >= 0.6 is 23.2 Å². The normalized spacial score (nSPS) is 12.4. The van der Waals surface area contributed by atoms with Crippen LogP contribution in [0, 0.1) is 13.8 Å². The molecule has 1 atom stereocenters. The van der Waals surface area contributed by atoms with E-state index in [1.165, 1.54) is 6.08 Å². The van der Waals surface area contributed by atoms with Gasteiger partial charge in [0.05, 0.1) is 16.4 Å². The SMILES string of the molecule is C/C(=C/C(=O)Nc1ccc(NC(=O)C(C)n2nc(C)cc2C)c(Cl)c1)c1ccccc1Cl. The fraction of sp³-hybridized carbons (Fsp3) is 0.208. The highest BCUT2D eigenvalue weighted by molar-refractivity contribution is 6.34. The summed E-state index contributed by atoms with van der Waals surface area (Å²) in [6, 6.07) is 13.6. The van der Waals surface area contributed by atoms with Crippen LogP contribution in [0.2, 0.25) is 10.0 Å². The lowest BCUT2D eigenvalue weighted by molar-refractivity contribution is -0.119. The van der Waals surface area contributed by atoms with Crippen molar-refractivity contribution in [3.05, 3.63) is 81.6 Å². The van der Waals surface area contributed by atoms with E-state index in [-0.39, 0.29) is 11.8 Å². The summed E-state index contributed by atoms with van der Waals surface area (Å²) in [6.07, 6.45) is 1.47. The first kappa shape index (κ1) is 23.6. The third-order valence-corrected chi connectivity index (χ3v) is 5.57. The highest BCUT2D eigenvalue weighted by Crippen LogP contribution is 2.27. The average molecular weight is 471 g/mol. The zero-order valence-electron chi connectivity index (χ0n) is 18.2. The third-order valence-electron chi connectivity index (χ3n) is 4.93. The topological polar surface area (TPSA) is 76.0 Å². The summed E-state index contributed by atoms with van der Waals surface area (Å²) in [6.45, 7) is 7.36. The Morgan fingerprint density at radius 1 is 1.03 bits per heavy atom. The van der Waals surface area contributed by atoms with Crippen LogP contribution in [-0.2, 0) is 9.59 Å². The van der Waals surface area contributed by atoms with E-state index in [0.29, 0.717) is 21.4 Å². The van der Waals surface area contributed by atoms with Crippen molar-refractivity contribution in [3.8, 4) is 0 Å². The maximum absolute atomic E-state index is 12.7. The summed E-state index contributed by atoms with van der Waals surface area (Å²) in [4.78, 5) is 25.1. The number of hydrogen-bond donors (Lipinski definition) is 2. The molecule has 3 rings (SSSR count). The fourth-order valence-corrected chi connectivity index (χ4v) is 3.83. The van der Waals surface area contributed by atoms with Crippen LogP contribution in [0.1, 0.15) is 36.8 Å². The van der Waals surface area contributed by atoms with E-state index in [0.717, 1.165) is 22.5 Å². The molecular weight excluding hydrogens is 447 g/mol. The Hall–Kier alpha value is -3.09. The van der Waals surface area contributed by atoms with Crippen LogP contribution in [-0.4, -0.2) is 21.6 Å². The Labute approximate surface area is 197 Å². The summed E-state index contributed by atoms with van der Waals surface area (Å²) >= 11 is 12.5. The van der Waals surface area contributed by atoms with E-state index in [4.69, 9.17) is 23.2 Å². The molecule has 0 fully saturated rings. The fourth-order valence-electron chi connectivity index (χ4n) is 3.31. The number of benzene rings is 2. The van der Waals surface area contributed by atoms with E-state index >= 15 is 0 Å². The second kappa shape index (κ2) is 10.0. The van der Waals surface area contributed by atoms with E-state index in [2.05, 4.69) is 15.7 Å². The lowest BCUT2D eigenvalue weighted by atomic mass is 10.1. The number of rotatable bonds is 6. The maximum atomic E-state index is 12.7. The molecule has 32 heavy (non-hydrogen) atoms. The van der Waals surface area contributed by atoms with Crippen molar-refractivity contribution in [1.29, 1.82) is 0 Å². The molecule has 0 bridgehead atoms. The Morgan fingerprint density at radius 2 is 1.75 bits per heavy atom. The Bertz CT molecular complexity index is 1200. The van der Waals surface area contributed by atoms with Crippen molar-refractivity contribution in [3.63, 3.8) is 0 Å². The summed E-state index contributed by atoms with van der Waals surface area (Å²) in [5, 5.41) is 10.8. The number of aryl methyl sites for hydroxylation is 2. The number of amides is 2. The predicted molar refractivity (Wildman–Crippen MR) is 130 cm³/mol. The summed E-state index contributed by atoms with van der Waals surface area (Å²) in [5.74, 6) is -0.554. The monoisotopic (exact) mass is 470 g/mol. The van der Waals surface area contributed by atoms with Crippen LogP contribution in [0.5, 0.6) is 0 Å². The summed E-state index contributed by atoms with van der Waals surface area (Å²) < 4.78 is 1.67. The minimum atomic E-state index is -0.503. The molecule has 0 radical (unpaired) electrons. The van der Waals surface area contributed by atoms with Crippen molar-refractivity contribution in [1.82, 2.24) is 9.78 Å². The van der Waals surface area contributed by atoms with Crippen molar-refractivity contribution in [2.45, 2.75) is 33.7 Å². The first-order chi connectivity index (χ1) is 15.2. The first-order valence-electron chi connectivity index (χ1n) is 10.0. The van der Waals surface area contributed by atoms with Gasteiger partial charge in [0.15, 0.2) is 0 Å². The Kier molecular flexibility index (Phi) is 7.38. The second-order valence-electron chi connectivity index (χ2n) is 7.53. The van der Waals surface area contributed by atoms with Gasteiger partial charge in [0, 0.05) is 22.5 Å². The molecule has 0 aliphatic carbocycles. The van der Waals surface area contributed by atoms with Crippen molar-refractivity contribution >= 4 is 52.0 Å². The molecule has 0 saturated heterocycles. The number of allylic oxidation sites excluding steroid dienone is 1. The van der Waals surface area contributed by atoms with Gasteiger partial charge < -0.3 is 10.6 Å². The molecular formula is C24H24Cl2N4O2. The Balaban J connectivity index is 1.68.